The van der Waals surface area contributed by atoms with Gasteiger partial charge in [-0.25, -0.2) is 0 Å². The van der Waals surface area contributed by atoms with Crippen molar-refractivity contribution < 1.29 is 19.9 Å². The van der Waals surface area contributed by atoms with Gasteiger partial charge in [-0.05, 0) is 24.7 Å². The average Bonchev–Trinajstić information content (AvgIpc) is 2.51. The van der Waals surface area contributed by atoms with E-state index in [9.17, 15) is 25.1 Å². The lowest BCUT2D eigenvalue weighted by molar-refractivity contribution is -0.385. The summed E-state index contributed by atoms with van der Waals surface area (Å²) in [5.41, 5.74) is 2.15. The molecule has 10 heteroatoms. The molecule has 1 rings (SSSR count). The molecule has 2 unspecified atom stereocenters. The SMILES string of the molecule is CNC(=S)NNC(=O)C(O)C(C)(O)c1cccc([N+](=O)[O-])c1. The van der Waals surface area contributed by atoms with E-state index >= 15 is 0 Å². The van der Waals surface area contributed by atoms with Gasteiger partial charge in [0, 0.05) is 19.2 Å². The summed E-state index contributed by atoms with van der Waals surface area (Å²) in [7, 11) is 1.52. The molecule has 120 valence electrons. The van der Waals surface area contributed by atoms with Crippen LogP contribution in [-0.2, 0) is 10.4 Å². The molecule has 0 aliphatic heterocycles. The quantitative estimate of drug-likeness (QED) is 0.278. The number of aliphatic hydroxyl groups is 2. The van der Waals surface area contributed by atoms with Crippen molar-refractivity contribution in [3.05, 3.63) is 39.9 Å². The zero-order valence-corrected chi connectivity index (χ0v) is 12.7. The smallest absolute Gasteiger partial charge is 0.270 e. The van der Waals surface area contributed by atoms with Crippen molar-refractivity contribution in [1.82, 2.24) is 16.2 Å². The van der Waals surface area contributed by atoms with E-state index in [2.05, 4.69) is 16.2 Å². The molecule has 0 heterocycles. The fourth-order valence-corrected chi connectivity index (χ4v) is 1.65. The van der Waals surface area contributed by atoms with Gasteiger partial charge in [-0.3, -0.25) is 25.8 Å². The van der Waals surface area contributed by atoms with Gasteiger partial charge in [-0.1, -0.05) is 12.1 Å². The molecule has 0 aromatic heterocycles. The fraction of sp³-hybridized carbons (Fsp3) is 0.333. The Bertz CT molecular complexity index is 593. The van der Waals surface area contributed by atoms with Crippen LogP contribution < -0.4 is 16.2 Å². The highest BCUT2D eigenvalue weighted by Gasteiger charge is 2.38. The van der Waals surface area contributed by atoms with Gasteiger partial charge in [0.2, 0.25) is 0 Å². The average molecular weight is 328 g/mol. The predicted octanol–water partition coefficient (Wildman–Crippen LogP) is -0.712. The summed E-state index contributed by atoms with van der Waals surface area (Å²) in [6.07, 6.45) is -1.87. The summed E-state index contributed by atoms with van der Waals surface area (Å²) in [5.74, 6) is -0.950. The lowest BCUT2D eigenvalue weighted by Crippen LogP contribution is -2.54. The van der Waals surface area contributed by atoms with Gasteiger partial charge in [-0.15, -0.1) is 0 Å². The van der Waals surface area contributed by atoms with Crippen molar-refractivity contribution in [2.75, 3.05) is 7.05 Å². The van der Waals surface area contributed by atoms with Crippen LogP contribution in [0.15, 0.2) is 24.3 Å². The van der Waals surface area contributed by atoms with Crippen molar-refractivity contribution in [2.45, 2.75) is 18.6 Å². The molecule has 0 bridgehead atoms. The highest BCUT2D eigenvalue weighted by atomic mass is 32.1. The first-order valence-corrected chi connectivity index (χ1v) is 6.54. The van der Waals surface area contributed by atoms with Gasteiger partial charge in [0.25, 0.3) is 11.6 Å². The molecule has 0 aliphatic rings. The Balaban J connectivity index is 2.92. The maximum Gasteiger partial charge on any atom is 0.270 e. The first kappa shape index (κ1) is 17.8. The third kappa shape index (κ3) is 4.10. The van der Waals surface area contributed by atoms with Crippen LogP contribution in [0.5, 0.6) is 0 Å². The van der Waals surface area contributed by atoms with Gasteiger partial charge in [-0.2, -0.15) is 0 Å². The Morgan fingerprint density at radius 2 is 2.09 bits per heavy atom. The van der Waals surface area contributed by atoms with Crippen LogP contribution in [0, 0.1) is 10.1 Å². The number of nitrogens with one attached hydrogen (secondary N) is 3. The number of carbonyl (C=O) groups excluding carboxylic acids is 1. The van der Waals surface area contributed by atoms with Crippen molar-refractivity contribution in [3.8, 4) is 0 Å². The number of carbonyl (C=O) groups is 1. The van der Waals surface area contributed by atoms with E-state index in [0.717, 1.165) is 6.07 Å². The van der Waals surface area contributed by atoms with E-state index in [1.807, 2.05) is 0 Å². The number of nitrogens with zero attached hydrogens (tertiary/aromatic N) is 1. The monoisotopic (exact) mass is 328 g/mol. The van der Waals surface area contributed by atoms with E-state index in [0.29, 0.717) is 0 Å². The predicted molar refractivity (Wildman–Crippen MR) is 81.6 cm³/mol. The van der Waals surface area contributed by atoms with Crippen molar-refractivity contribution in [1.29, 1.82) is 0 Å². The number of thiocarbonyl (C=S) groups is 1. The summed E-state index contributed by atoms with van der Waals surface area (Å²) in [5, 5.41) is 33.7. The van der Waals surface area contributed by atoms with Gasteiger partial charge in [0.1, 0.15) is 5.60 Å². The van der Waals surface area contributed by atoms with E-state index in [4.69, 9.17) is 12.2 Å². The molecular weight excluding hydrogens is 312 g/mol. The summed E-state index contributed by atoms with van der Waals surface area (Å²) in [6.45, 7) is 1.17. The van der Waals surface area contributed by atoms with E-state index in [1.54, 1.807) is 0 Å². The molecule has 0 spiro atoms. The summed E-state index contributed by atoms with van der Waals surface area (Å²) < 4.78 is 0. The molecule has 0 saturated carbocycles. The summed E-state index contributed by atoms with van der Waals surface area (Å²) in [4.78, 5) is 21.9. The van der Waals surface area contributed by atoms with E-state index < -0.39 is 22.5 Å². The van der Waals surface area contributed by atoms with Crippen LogP contribution >= 0.6 is 12.2 Å². The molecule has 1 aromatic carbocycles. The molecule has 22 heavy (non-hydrogen) atoms. The number of rotatable bonds is 4. The van der Waals surface area contributed by atoms with Crippen LogP contribution in [0.25, 0.3) is 0 Å². The van der Waals surface area contributed by atoms with Gasteiger partial charge in [0.15, 0.2) is 11.2 Å². The molecule has 2 atom stereocenters. The number of aliphatic hydroxyl groups excluding tert-OH is 1. The van der Waals surface area contributed by atoms with Crippen LogP contribution in [0.1, 0.15) is 12.5 Å². The zero-order valence-electron chi connectivity index (χ0n) is 11.9. The van der Waals surface area contributed by atoms with E-state index in [-0.39, 0.29) is 16.4 Å². The highest BCUT2D eigenvalue weighted by molar-refractivity contribution is 7.80. The molecule has 0 saturated heterocycles. The fourth-order valence-electron chi connectivity index (χ4n) is 1.60. The van der Waals surface area contributed by atoms with Crippen molar-refractivity contribution in [2.24, 2.45) is 0 Å². The minimum absolute atomic E-state index is 0.0283. The Morgan fingerprint density at radius 3 is 2.64 bits per heavy atom. The number of hydrogen-bond acceptors (Lipinski definition) is 6. The number of nitro benzene ring substituents is 1. The molecule has 5 N–H and O–H groups in total. The maximum atomic E-state index is 11.8. The third-order valence-corrected chi connectivity index (χ3v) is 3.25. The van der Waals surface area contributed by atoms with Crippen molar-refractivity contribution in [3.63, 3.8) is 0 Å². The number of amides is 1. The largest absolute Gasteiger partial charge is 0.382 e. The second-order valence-electron chi connectivity index (χ2n) is 4.55. The molecule has 9 nitrogen and oxygen atoms in total. The highest BCUT2D eigenvalue weighted by Crippen LogP contribution is 2.27. The van der Waals surface area contributed by atoms with Crippen LogP contribution in [0.2, 0.25) is 0 Å². The lowest BCUT2D eigenvalue weighted by Gasteiger charge is -2.28. The zero-order chi connectivity index (χ0) is 16.9. The lowest BCUT2D eigenvalue weighted by atomic mass is 9.89. The van der Waals surface area contributed by atoms with Gasteiger partial charge < -0.3 is 15.5 Å². The molecular formula is C12H16N4O5S. The molecule has 1 amide bonds. The number of benzene rings is 1. The van der Waals surface area contributed by atoms with Crippen LogP contribution in [0.4, 0.5) is 5.69 Å². The Kier molecular flexibility index (Phi) is 5.74. The number of nitro groups is 1. The molecule has 0 aliphatic carbocycles. The number of non-ortho nitro benzene ring substituents is 1. The topological polar surface area (TPSA) is 137 Å². The second kappa shape index (κ2) is 7.11. The number of hydrazine groups is 1. The van der Waals surface area contributed by atoms with E-state index in [1.165, 1.54) is 32.2 Å². The normalized spacial score (nSPS) is 14.4. The van der Waals surface area contributed by atoms with Crippen molar-refractivity contribution >= 4 is 28.9 Å². The minimum Gasteiger partial charge on any atom is -0.382 e. The first-order valence-electron chi connectivity index (χ1n) is 6.13. The Morgan fingerprint density at radius 1 is 1.45 bits per heavy atom. The standard InChI is InChI=1S/C12H16N4O5S/c1-12(19,7-4-3-5-8(6-7)16(20)21)9(17)10(18)14-15-11(22)13-2/h3-6,9,17,19H,1-2H3,(H,14,18)(H2,13,15,22). The molecule has 0 fully saturated rings. The van der Waals surface area contributed by atoms with Crippen LogP contribution in [0.3, 0.4) is 0 Å². The Hall–Kier alpha value is -2.30. The summed E-state index contributed by atoms with van der Waals surface area (Å²) >= 11 is 4.74. The van der Waals surface area contributed by atoms with Gasteiger partial charge >= 0.3 is 0 Å². The Labute approximate surface area is 131 Å². The third-order valence-electron chi connectivity index (χ3n) is 2.95. The second-order valence-corrected chi connectivity index (χ2v) is 4.96. The van der Waals surface area contributed by atoms with Crippen LogP contribution in [-0.4, -0.2) is 39.3 Å². The minimum atomic E-state index is -2.03. The first-order chi connectivity index (χ1) is 10.2. The summed E-state index contributed by atoms with van der Waals surface area (Å²) in [6, 6.07) is 5.04. The van der Waals surface area contributed by atoms with Gasteiger partial charge in [0.05, 0.1) is 4.92 Å². The maximum absolute atomic E-state index is 11.8. The molecule has 0 radical (unpaired) electrons. The number of hydrogen-bond donors (Lipinski definition) is 5. The molecule has 1 aromatic rings.